The molecule has 0 aromatic heterocycles. The van der Waals surface area contributed by atoms with Crippen LogP contribution in [0, 0.1) is 0 Å². The van der Waals surface area contributed by atoms with E-state index in [1.807, 2.05) is 0 Å². The number of amides is 1. The fourth-order valence-corrected chi connectivity index (χ4v) is 2.56. The van der Waals surface area contributed by atoms with Crippen molar-refractivity contribution in [3.8, 4) is 0 Å². The highest BCUT2D eigenvalue weighted by Crippen LogP contribution is 2.11. The molecule has 0 unspecified atom stereocenters. The van der Waals surface area contributed by atoms with Gasteiger partial charge in [-0.3, -0.25) is 10.2 Å². The number of carbonyl (C=O) groups is 3. The lowest BCUT2D eigenvalue weighted by molar-refractivity contribution is 0.0686. The Morgan fingerprint density at radius 3 is 1.75 bits per heavy atom. The number of benzene rings is 3. The third-order valence-electron chi connectivity index (χ3n) is 4.23. The average molecular weight is 430 g/mol. The molecule has 0 fully saturated rings. The van der Waals surface area contributed by atoms with Gasteiger partial charge < -0.3 is 10.2 Å². The van der Waals surface area contributed by atoms with Crippen LogP contribution in [0.15, 0.2) is 83.0 Å². The van der Waals surface area contributed by atoms with E-state index in [-0.39, 0.29) is 11.1 Å². The lowest BCUT2D eigenvalue weighted by Gasteiger charge is -2.04. The Morgan fingerprint density at radius 1 is 0.688 bits per heavy atom. The standard InChI is InChI=1S/C23H18N4O5/c28-21(27-25-14-16-6-10-18(11-7-16)23(31)32)19-2-1-3-20(12-19)26-24-13-15-4-8-17(9-5-15)22(29)30/h1-14,26H,(H,27,28)(H,29,30)(H,31,32)/b24-13+,25-14+. The van der Waals surface area contributed by atoms with Gasteiger partial charge in [-0.05, 0) is 53.6 Å². The largest absolute Gasteiger partial charge is 0.478 e. The van der Waals surface area contributed by atoms with Crippen LogP contribution in [0.3, 0.4) is 0 Å². The first-order valence-electron chi connectivity index (χ1n) is 9.31. The van der Waals surface area contributed by atoms with E-state index < -0.39 is 17.8 Å². The zero-order valence-corrected chi connectivity index (χ0v) is 16.6. The maximum Gasteiger partial charge on any atom is 0.335 e. The predicted octanol–water partition coefficient (Wildman–Crippen LogP) is 3.29. The second-order valence-electron chi connectivity index (χ2n) is 6.50. The van der Waals surface area contributed by atoms with Crippen molar-refractivity contribution in [3.05, 3.63) is 101 Å². The number of carboxylic acids is 2. The third-order valence-corrected chi connectivity index (χ3v) is 4.23. The van der Waals surface area contributed by atoms with E-state index >= 15 is 0 Å². The van der Waals surface area contributed by atoms with Gasteiger partial charge in [-0.1, -0.05) is 30.3 Å². The highest BCUT2D eigenvalue weighted by atomic mass is 16.4. The Kier molecular flexibility index (Phi) is 7.05. The predicted molar refractivity (Wildman–Crippen MR) is 120 cm³/mol. The van der Waals surface area contributed by atoms with Gasteiger partial charge >= 0.3 is 11.9 Å². The zero-order chi connectivity index (χ0) is 22.9. The molecule has 0 saturated carbocycles. The number of nitrogens with one attached hydrogen (secondary N) is 2. The number of nitrogens with zero attached hydrogens (tertiary/aromatic N) is 2. The number of rotatable bonds is 8. The average Bonchev–Trinajstić information content (AvgIpc) is 2.80. The van der Waals surface area contributed by atoms with Crippen LogP contribution in [0.5, 0.6) is 0 Å². The molecule has 0 atom stereocenters. The van der Waals surface area contributed by atoms with Gasteiger partial charge in [0.1, 0.15) is 0 Å². The molecule has 0 spiro atoms. The summed E-state index contributed by atoms with van der Waals surface area (Å²) in [6.45, 7) is 0. The number of carbonyl (C=O) groups excluding carboxylic acids is 1. The van der Waals surface area contributed by atoms with E-state index in [0.29, 0.717) is 22.4 Å². The molecule has 0 heterocycles. The number of hydrogen-bond acceptors (Lipinski definition) is 6. The maximum atomic E-state index is 12.3. The quantitative estimate of drug-likeness (QED) is 0.319. The molecule has 9 heteroatoms. The second-order valence-corrected chi connectivity index (χ2v) is 6.50. The highest BCUT2D eigenvalue weighted by molar-refractivity contribution is 5.96. The Hall–Kier alpha value is -4.79. The first kappa shape index (κ1) is 21.9. The Morgan fingerprint density at radius 2 is 1.22 bits per heavy atom. The molecule has 0 bridgehead atoms. The number of aromatic carboxylic acids is 2. The van der Waals surface area contributed by atoms with Gasteiger partial charge in [-0.15, -0.1) is 0 Å². The Labute approximate surface area is 182 Å². The van der Waals surface area contributed by atoms with Crippen molar-refractivity contribution in [2.24, 2.45) is 10.2 Å². The lowest BCUT2D eigenvalue weighted by Crippen LogP contribution is -2.17. The van der Waals surface area contributed by atoms with Crippen molar-refractivity contribution < 1.29 is 24.6 Å². The van der Waals surface area contributed by atoms with Gasteiger partial charge in [0.25, 0.3) is 5.91 Å². The smallest absolute Gasteiger partial charge is 0.335 e. The van der Waals surface area contributed by atoms with Gasteiger partial charge in [0.05, 0.1) is 29.2 Å². The van der Waals surface area contributed by atoms with E-state index in [1.165, 1.54) is 36.7 Å². The van der Waals surface area contributed by atoms with E-state index in [4.69, 9.17) is 10.2 Å². The number of carboxylic acid groups (broad SMARTS) is 2. The molecule has 0 aliphatic carbocycles. The van der Waals surface area contributed by atoms with Crippen LogP contribution in [-0.2, 0) is 0 Å². The normalized spacial score (nSPS) is 10.9. The van der Waals surface area contributed by atoms with Crippen molar-refractivity contribution in [2.75, 3.05) is 5.43 Å². The number of anilines is 1. The second kappa shape index (κ2) is 10.3. The van der Waals surface area contributed by atoms with Crippen LogP contribution in [0.2, 0.25) is 0 Å². The SMILES string of the molecule is O=C(O)c1ccc(/C=N/NC(=O)c2cccc(N/N=C/c3ccc(C(=O)O)cc3)c2)cc1. The summed E-state index contributed by atoms with van der Waals surface area (Å²) < 4.78 is 0. The highest BCUT2D eigenvalue weighted by Gasteiger charge is 2.05. The van der Waals surface area contributed by atoms with Gasteiger partial charge in [0.15, 0.2) is 0 Å². The summed E-state index contributed by atoms with van der Waals surface area (Å²) >= 11 is 0. The maximum absolute atomic E-state index is 12.3. The first-order valence-corrected chi connectivity index (χ1v) is 9.31. The van der Waals surface area contributed by atoms with Crippen molar-refractivity contribution in [2.45, 2.75) is 0 Å². The molecule has 0 aliphatic heterocycles. The van der Waals surface area contributed by atoms with Crippen molar-refractivity contribution in [1.29, 1.82) is 0 Å². The van der Waals surface area contributed by atoms with Gasteiger partial charge in [0, 0.05) is 5.56 Å². The fraction of sp³-hybridized carbons (Fsp3) is 0. The summed E-state index contributed by atoms with van der Waals surface area (Å²) in [4.78, 5) is 34.0. The van der Waals surface area contributed by atoms with Crippen LogP contribution >= 0.6 is 0 Å². The van der Waals surface area contributed by atoms with E-state index in [9.17, 15) is 14.4 Å². The minimum atomic E-state index is -1.02. The van der Waals surface area contributed by atoms with E-state index in [0.717, 1.165) is 0 Å². The molecule has 0 saturated heterocycles. The first-order chi connectivity index (χ1) is 15.4. The third kappa shape index (κ3) is 6.10. The summed E-state index contributed by atoms with van der Waals surface area (Å²) in [5, 5.41) is 25.8. The summed E-state index contributed by atoms with van der Waals surface area (Å²) in [5.74, 6) is -2.45. The van der Waals surface area contributed by atoms with Crippen LogP contribution in [0.1, 0.15) is 42.2 Å². The van der Waals surface area contributed by atoms with E-state index in [2.05, 4.69) is 21.1 Å². The van der Waals surface area contributed by atoms with Gasteiger partial charge in [-0.25, -0.2) is 15.0 Å². The van der Waals surface area contributed by atoms with Crippen LogP contribution in [0.4, 0.5) is 5.69 Å². The van der Waals surface area contributed by atoms with Crippen molar-refractivity contribution in [1.82, 2.24) is 5.43 Å². The van der Waals surface area contributed by atoms with Gasteiger partial charge in [-0.2, -0.15) is 10.2 Å². The Bertz CT molecular complexity index is 1190. The summed E-state index contributed by atoms with van der Waals surface area (Å²) in [6.07, 6.45) is 2.93. The molecule has 0 radical (unpaired) electrons. The van der Waals surface area contributed by atoms with Crippen molar-refractivity contribution in [3.63, 3.8) is 0 Å². The fourth-order valence-electron chi connectivity index (χ4n) is 2.56. The lowest BCUT2D eigenvalue weighted by atomic mass is 10.1. The van der Waals surface area contributed by atoms with Gasteiger partial charge in [0.2, 0.25) is 0 Å². The minimum absolute atomic E-state index is 0.162. The van der Waals surface area contributed by atoms with Crippen LogP contribution in [0.25, 0.3) is 0 Å². The summed E-state index contributed by atoms with van der Waals surface area (Å²) in [5.41, 5.74) is 7.84. The molecule has 9 nitrogen and oxygen atoms in total. The molecule has 32 heavy (non-hydrogen) atoms. The zero-order valence-electron chi connectivity index (χ0n) is 16.6. The number of hydrazone groups is 2. The molecule has 3 aromatic rings. The van der Waals surface area contributed by atoms with Crippen molar-refractivity contribution >= 4 is 36.0 Å². The minimum Gasteiger partial charge on any atom is -0.478 e. The topological polar surface area (TPSA) is 140 Å². The molecule has 160 valence electrons. The van der Waals surface area contributed by atoms with E-state index in [1.54, 1.807) is 48.5 Å². The molecular formula is C23H18N4O5. The number of hydrogen-bond donors (Lipinski definition) is 4. The summed E-state index contributed by atoms with van der Waals surface area (Å²) in [6, 6.07) is 18.9. The summed E-state index contributed by atoms with van der Waals surface area (Å²) in [7, 11) is 0. The van der Waals surface area contributed by atoms with Crippen LogP contribution in [-0.4, -0.2) is 40.5 Å². The Balaban J connectivity index is 1.56. The molecule has 1 amide bonds. The van der Waals surface area contributed by atoms with Crippen LogP contribution < -0.4 is 10.9 Å². The monoisotopic (exact) mass is 430 g/mol. The molecule has 3 aromatic carbocycles. The molecular weight excluding hydrogens is 412 g/mol. The molecule has 0 aliphatic rings. The molecule has 4 N–H and O–H groups in total. The molecule has 3 rings (SSSR count).